The van der Waals surface area contributed by atoms with Crippen molar-refractivity contribution in [3.05, 3.63) is 11.6 Å². The molecule has 10 heteroatoms. The number of piperidine rings is 1. The minimum Gasteiger partial charge on any atom is -0.478 e. The summed E-state index contributed by atoms with van der Waals surface area (Å²) < 4.78 is 16.3. The van der Waals surface area contributed by atoms with Crippen molar-refractivity contribution in [1.29, 1.82) is 0 Å². The van der Waals surface area contributed by atoms with Gasteiger partial charge in [-0.05, 0) is 40.2 Å². The largest absolute Gasteiger partial charge is 0.478 e. The van der Waals surface area contributed by atoms with Crippen molar-refractivity contribution in [3.63, 3.8) is 0 Å². The molecule has 182 valence electrons. The predicted octanol–water partition coefficient (Wildman–Crippen LogP) is 1.30. The van der Waals surface area contributed by atoms with Gasteiger partial charge in [0.25, 0.3) is 0 Å². The van der Waals surface area contributed by atoms with Crippen molar-refractivity contribution in [2.75, 3.05) is 33.4 Å². The molecule has 1 heterocycles. The van der Waals surface area contributed by atoms with Crippen LogP contribution in [0.15, 0.2) is 11.6 Å². The Morgan fingerprint density at radius 3 is 2.53 bits per heavy atom. The van der Waals surface area contributed by atoms with Crippen LogP contribution in [-0.4, -0.2) is 91.2 Å². The Labute approximate surface area is 189 Å². The summed E-state index contributed by atoms with van der Waals surface area (Å²) in [6, 6.07) is -1.56. The first-order valence-corrected chi connectivity index (χ1v) is 11.1. The second kappa shape index (κ2) is 11.6. The van der Waals surface area contributed by atoms with Crippen LogP contribution in [-0.2, 0) is 23.8 Å². The van der Waals surface area contributed by atoms with Crippen molar-refractivity contribution in [1.82, 2.24) is 15.5 Å². The number of hydrogen-bond acceptors (Lipinski definition) is 7. The third kappa shape index (κ3) is 8.07. The van der Waals surface area contributed by atoms with Crippen molar-refractivity contribution >= 4 is 18.0 Å². The predicted molar refractivity (Wildman–Crippen MR) is 117 cm³/mol. The average Bonchev–Trinajstić information content (AvgIpc) is 2.67. The lowest BCUT2D eigenvalue weighted by atomic mass is 9.84. The van der Waals surface area contributed by atoms with Crippen molar-refractivity contribution in [3.8, 4) is 0 Å². The number of nitrogens with zero attached hydrogens (tertiary/aromatic N) is 1. The highest BCUT2D eigenvalue weighted by atomic mass is 16.6. The van der Waals surface area contributed by atoms with E-state index in [0.29, 0.717) is 19.8 Å². The number of rotatable bonds is 8. The van der Waals surface area contributed by atoms with E-state index >= 15 is 0 Å². The number of nitrogens with one attached hydrogen (secondary N) is 2. The molecular formula is C22H37N3O7. The molecule has 0 aromatic heterocycles. The molecule has 32 heavy (non-hydrogen) atoms. The SMILES string of the molecule is COCCO[C@H]1CCCN([C@@H]2C=C(C(=O)O)C[C@H](NC(=O)OC(C)(C)C)[C@H]2NC(C)=O)C1. The maximum absolute atomic E-state index is 12.5. The second-order valence-corrected chi connectivity index (χ2v) is 9.29. The summed E-state index contributed by atoms with van der Waals surface area (Å²) in [6.07, 6.45) is 2.87. The molecule has 2 aliphatic rings. The highest BCUT2D eigenvalue weighted by Gasteiger charge is 2.41. The standard InChI is InChI=1S/C22H37N3O7/c1-14(26)23-19-17(24-21(29)32-22(2,3)4)11-15(20(27)28)12-18(19)25-8-6-7-16(13-25)31-10-9-30-5/h12,16-19H,6-11,13H2,1-5H3,(H,23,26)(H,24,29)(H,27,28)/t16-,17-,18+,19+/m0/s1. The van der Waals surface area contributed by atoms with E-state index in [1.54, 1.807) is 34.0 Å². The third-order valence-electron chi connectivity index (χ3n) is 5.43. The van der Waals surface area contributed by atoms with Gasteiger partial charge in [0, 0.05) is 32.6 Å². The van der Waals surface area contributed by atoms with Gasteiger partial charge in [0.1, 0.15) is 5.60 Å². The summed E-state index contributed by atoms with van der Waals surface area (Å²) in [4.78, 5) is 38.4. The number of aliphatic carboxylic acids is 1. The fraction of sp³-hybridized carbons (Fsp3) is 0.773. The molecule has 10 nitrogen and oxygen atoms in total. The number of amides is 2. The van der Waals surface area contributed by atoms with Crippen LogP contribution in [0.3, 0.4) is 0 Å². The first-order valence-electron chi connectivity index (χ1n) is 11.1. The molecule has 0 bridgehead atoms. The molecular weight excluding hydrogens is 418 g/mol. The van der Waals surface area contributed by atoms with Gasteiger partial charge in [-0.1, -0.05) is 6.08 Å². The van der Waals surface area contributed by atoms with Gasteiger partial charge in [-0.15, -0.1) is 0 Å². The van der Waals surface area contributed by atoms with E-state index in [1.165, 1.54) is 6.92 Å². The van der Waals surface area contributed by atoms with E-state index in [-0.39, 0.29) is 24.0 Å². The number of methoxy groups -OCH3 is 1. The third-order valence-corrected chi connectivity index (χ3v) is 5.43. The van der Waals surface area contributed by atoms with Gasteiger partial charge in [0.05, 0.1) is 37.4 Å². The summed E-state index contributed by atoms with van der Waals surface area (Å²) in [5.74, 6) is -1.30. The van der Waals surface area contributed by atoms with E-state index in [0.717, 1.165) is 19.4 Å². The molecule has 4 atom stereocenters. The fourth-order valence-corrected chi connectivity index (χ4v) is 4.16. The Morgan fingerprint density at radius 1 is 1.22 bits per heavy atom. The van der Waals surface area contributed by atoms with Crippen LogP contribution in [0.4, 0.5) is 4.79 Å². The Hall–Kier alpha value is -2.17. The molecule has 3 N–H and O–H groups in total. The molecule has 1 aliphatic carbocycles. The number of carbonyl (C=O) groups is 3. The normalized spacial score (nSPS) is 26.7. The summed E-state index contributed by atoms with van der Waals surface area (Å²) in [5.41, 5.74) is -0.507. The number of hydrogen-bond donors (Lipinski definition) is 3. The zero-order valence-electron chi connectivity index (χ0n) is 19.7. The first-order chi connectivity index (χ1) is 15.0. The van der Waals surface area contributed by atoms with Crippen molar-refractivity contribution < 1.29 is 33.7 Å². The van der Waals surface area contributed by atoms with Gasteiger partial charge < -0.3 is 30.0 Å². The average molecular weight is 456 g/mol. The van der Waals surface area contributed by atoms with Crippen LogP contribution < -0.4 is 10.6 Å². The number of carboxylic acids is 1. The summed E-state index contributed by atoms with van der Waals surface area (Å²) in [7, 11) is 1.62. The van der Waals surface area contributed by atoms with E-state index in [4.69, 9.17) is 14.2 Å². The van der Waals surface area contributed by atoms with Crippen LogP contribution in [0, 0.1) is 0 Å². The van der Waals surface area contributed by atoms with E-state index < -0.39 is 35.8 Å². The number of likely N-dealkylation sites (tertiary alicyclic amines) is 1. The second-order valence-electron chi connectivity index (χ2n) is 9.29. The number of carboxylic acid groups (broad SMARTS) is 1. The molecule has 2 rings (SSSR count). The topological polar surface area (TPSA) is 126 Å². The quantitative estimate of drug-likeness (QED) is 0.468. The lowest BCUT2D eigenvalue weighted by Gasteiger charge is -2.45. The number of ether oxygens (including phenoxy) is 3. The van der Waals surface area contributed by atoms with Crippen LogP contribution >= 0.6 is 0 Å². The fourth-order valence-electron chi connectivity index (χ4n) is 4.16. The van der Waals surface area contributed by atoms with Gasteiger partial charge in [-0.25, -0.2) is 9.59 Å². The molecule has 0 spiro atoms. The molecule has 2 amide bonds. The van der Waals surface area contributed by atoms with Gasteiger partial charge in [0.15, 0.2) is 0 Å². The summed E-state index contributed by atoms with van der Waals surface area (Å²) in [6.45, 7) is 8.96. The minimum absolute atomic E-state index is 0.0160. The Kier molecular flexibility index (Phi) is 9.47. The van der Waals surface area contributed by atoms with Crippen molar-refractivity contribution in [2.45, 2.75) is 76.8 Å². The molecule has 0 unspecified atom stereocenters. The van der Waals surface area contributed by atoms with E-state index in [9.17, 15) is 19.5 Å². The maximum Gasteiger partial charge on any atom is 0.407 e. The van der Waals surface area contributed by atoms with Gasteiger partial charge in [0.2, 0.25) is 5.91 Å². The van der Waals surface area contributed by atoms with Crippen molar-refractivity contribution in [2.24, 2.45) is 0 Å². The van der Waals surface area contributed by atoms with Gasteiger partial charge in [-0.3, -0.25) is 9.69 Å². The van der Waals surface area contributed by atoms with E-state index in [1.807, 2.05) is 0 Å². The summed E-state index contributed by atoms with van der Waals surface area (Å²) in [5, 5.41) is 15.4. The molecule has 1 aliphatic heterocycles. The highest BCUT2D eigenvalue weighted by molar-refractivity contribution is 5.87. The Balaban J connectivity index is 2.25. The van der Waals surface area contributed by atoms with Gasteiger partial charge >= 0.3 is 12.1 Å². The monoisotopic (exact) mass is 455 g/mol. The number of carbonyl (C=O) groups excluding carboxylic acids is 2. The first kappa shape index (κ1) is 26.1. The Bertz CT molecular complexity index is 704. The van der Waals surface area contributed by atoms with E-state index in [2.05, 4.69) is 15.5 Å². The molecule has 1 saturated heterocycles. The zero-order chi connectivity index (χ0) is 23.9. The van der Waals surface area contributed by atoms with Crippen LogP contribution in [0.25, 0.3) is 0 Å². The lowest BCUT2D eigenvalue weighted by Crippen LogP contribution is -2.64. The van der Waals surface area contributed by atoms with Crippen LogP contribution in [0.2, 0.25) is 0 Å². The van der Waals surface area contributed by atoms with Crippen LogP contribution in [0.1, 0.15) is 47.0 Å². The lowest BCUT2D eigenvalue weighted by molar-refractivity contribution is -0.133. The molecule has 0 radical (unpaired) electrons. The molecule has 1 fully saturated rings. The molecule has 0 aromatic carbocycles. The number of alkyl carbamates (subject to hydrolysis) is 1. The molecule has 0 saturated carbocycles. The highest BCUT2D eigenvalue weighted by Crippen LogP contribution is 2.27. The maximum atomic E-state index is 12.5. The smallest absolute Gasteiger partial charge is 0.407 e. The minimum atomic E-state index is -1.04. The zero-order valence-corrected chi connectivity index (χ0v) is 19.7. The Morgan fingerprint density at radius 2 is 1.94 bits per heavy atom. The molecule has 0 aromatic rings. The van der Waals surface area contributed by atoms with Crippen LogP contribution in [0.5, 0.6) is 0 Å². The summed E-state index contributed by atoms with van der Waals surface area (Å²) >= 11 is 0. The van der Waals surface area contributed by atoms with Gasteiger partial charge in [-0.2, -0.15) is 0 Å².